The summed E-state index contributed by atoms with van der Waals surface area (Å²) in [5.41, 5.74) is 1.74. The van der Waals surface area contributed by atoms with Gasteiger partial charge >= 0.3 is 0 Å². The summed E-state index contributed by atoms with van der Waals surface area (Å²) >= 11 is 0. The molecule has 0 aliphatic carbocycles. The molecule has 0 aliphatic rings. The van der Waals surface area contributed by atoms with Crippen LogP contribution in [0.2, 0.25) is 0 Å². The highest BCUT2D eigenvalue weighted by atomic mass is 127. The Hall–Kier alpha value is -2.03. The Balaban J connectivity index is 0.00000364. The van der Waals surface area contributed by atoms with Crippen LogP contribution in [0.5, 0.6) is 0 Å². The minimum Gasteiger partial charge on any atom is -0.469 e. The number of benzene rings is 1. The van der Waals surface area contributed by atoms with Crippen LogP contribution in [0.25, 0.3) is 0 Å². The van der Waals surface area contributed by atoms with E-state index in [4.69, 9.17) is 4.42 Å². The molecule has 2 aromatic rings. The normalized spacial score (nSPS) is 10.9. The fourth-order valence-corrected chi connectivity index (χ4v) is 2.36. The molecule has 0 aliphatic heterocycles. The Bertz CT molecular complexity index is 697. The molecular weight excluding hydrogens is 455 g/mol. The lowest BCUT2D eigenvalue weighted by Gasteiger charge is -2.12. The maximum Gasteiger partial charge on any atom is 0.253 e. The molecule has 0 atom stereocenters. The third-order valence-corrected chi connectivity index (χ3v) is 3.81. The van der Waals surface area contributed by atoms with E-state index >= 15 is 0 Å². The molecule has 1 aromatic heterocycles. The highest BCUT2D eigenvalue weighted by Gasteiger charge is 2.07. The van der Waals surface area contributed by atoms with E-state index < -0.39 is 0 Å². The molecule has 1 aromatic carbocycles. The molecule has 0 bridgehead atoms. The molecule has 0 spiro atoms. The number of nitrogens with one attached hydrogen (secondary N) is 2. The quantitative estimate of drug-likeness (QED) is 0.343. The van der Waals surface area contributed by atoms with Gasteiger partial charge in [-0.2, -0.15) is 0 Å². The van der Waals surface area contributed by atoms with Crippen molar-refractivity contribution >= 4 is 35.8 Å². The van der Waals surface area contributed by atoms with Gasteiger partial charge in [-0.3, -0.25) is 4.79 Å². The Morgan fingerprint density at radius 3 is 2.41 bits per heavy atom. The van der Waals surface area contributed by atoms with Crippen molar-refractivity contribution in [3.63, 3.8) is 0 Å². The monoisotopic (exact) mass is 484 g/mol. The van der Waals surface area contributed by atoms with E-state index in [1.165, 1.54) is 0 Å². The zero-order valence-electron chi connectivity index (χ0n) is 16.2. The van der Waals surface area contributed by atoms with Gasteiger partial charge in [0.25, 0.3) is 5.91 Å². The zero-order chi connectivity index (χ0) is 18.8. The molecule has 0 unspecified atom stereocenters. The first-order valence-corrected chi connectivity index (χ1v) is 8.95. The SMILES string of the molecule is CCCNC(=NCc1ccc(C(=O)N(C)C)cc1)NCCc1ccco1.I. The summed E-state index contributed by atoms with van der Waals surface area (Å²) in [6.07, 6.45) is 3.52. The Morgan fingerprint density at radius 2 is 1.81 bits per heavy atom. The number of amides is 1. The van der Waals surface area contributed by atoms with Gasteiger partial charge in [0.1, 0.15) is 5.76 Å². The van der Waals surface area contributed by atoms with Crippen LogP contribution in [0.1, 0.15) is 35.0 Å². The lowest BCUT2D eigenvalue weighted by atomic mass is 10.1. The van der Waals surface area contributed by atoms with Gasteiger partial charge in [-0.05, 0) is 36.2 Å². The van der Waals surface area contributed by atoms with Crippen molar-refractivity contribution < 1.29 is 9.21 Å². The number of hydrogen-bond acceptors (Lipinski definition) is 3. The number of rotatable bonds is 8. The van der Waals surface area contributed by atoms with Crippen LogP contribution in [0.15, 0.2) is 52.1 Å². The second-order valence-corrected chi connectivity index (χ2v) is 6.24. The maximum absolute atomic E-state index is 11.9. The van der Waals surface area contributed by atoms with Crippen LogP contribution >= 0.6 is 24.0 Å². The summed E-state index contributed by atoms with van der Waals surface area (Å²) < 4.78 is 5.34. The average molecular weight is 484 g/mol. The lowest BCUT2D eigenvalue weighted by molar-refractivity contribution is 0.0827. The van der Waals surface area contributed by atoms with Crippen LogP contribution in [0, 0.1) is 0 Å². The molecule has 0 saturated carbocycles. The van der Waals surface area contributed by atoms with E-state index in [-0.39, 0.29) is 29.9 Å². The number of nitrogens with zero attached hydrogens (tertiary/aromatic N) is 2. The number of halogens is 1. The average Bonchev–Trinajstić information content (AvgIpc) is 3.16. The maximum atomic E-state index is 11.9. The number of guanidine groups is 1. The highest BCUT2D eigenvalue weighted by Crippen LogP contribution is 2.07. The third kappa shape index (κ3) is 8.03. The van der Waals surface area contributed by atoms with Crippen LogP contribution < -0.4 is 10.6 Å². The summed E-state index contributed by atoms with van der Waals surface area (Å²) in [5.74, 6) is 1.74. The lowest BCUT2D eigenvalue weighted by Crippen LogP contribution is -2.38. The van der Waals surface area contributed by atoms with Crippen molar-refractivity contribution in [2.75, 3.05) is 27.2 Å². The smallest absolute Gasteiger partial charge is 0.253 e. The molecule has 1 amide bonds. The summed E-state index contributed by atoms with van der Waals surface area (Å²) in [4.78, 5) is 18.1. The van der Waals surface area contributed by atoms with Crippen LogP contribution in [-0.2, 0) is 13.0 Å². The highest BCUT2D eigenvalue weighted by molar-refractivity contribution is 14.0. The molecule has 6 nitrogen and oxygen atoms in total. The van der Waals surface area contributed by atoms with Crippen molar-refractivity contribution in [2.24, 2.45) is 4.99 Å². The van der Waals surface area contributed by atoms with Crippen LogP contribution in [0.4, 0.5) is 0 Å². The molecule has 2 N–H and O–H groups in total. The molecule has 2 rings (SSSR count). The summed E-state index contributed by atoms with van der Waals surface area (Å²) in [7, 11) is 3.50. The standard InChI is InChI=1S/C20H28N4O2.HI/c1-4-12-21-20(22-13-11-18-6-5-14-26-18)23-15-16-7-9-17(10-8-16)19(25)24(2)3;/h5-10,14H,4,11-13,15H2,1-3H3,(H2,21,22,23);1H. The van der Waals surface area contributed by atoms with E-state index in [1.54, 1.807) is 25.3 Å². The number of hydrogen-bond donors (Lipinski definition) is 2. The van der Waals surface area contributed by atoms with Crippen LogP contribution in [-0.4, -0.2) is 44.0 Å². The number of carbonyl (C=O) groups excluding carboxylic acids is 1. The molecular formula is C20H29IN4O2. The zero-order valence-corrected chi connectivity index (χ0v) is 18.5. The minimum absolute atomic E-state index is 0. The fourth-order valence-electron chi connectivity index (χ4n) is 2.36. The van der Waals surface area contributed by atoms with Crippen LogP contribution in [0.3, 0.4) is 0 Å². The largest absolute Gasteiger partial charge is 0.469 e. The minimum atomic E-state index is 0. The van der Waals surface area contributed by atoms with E-state index in [0.29, 0.717) is 12.1 Å². The van der Waals surface area contributed by atoms with Gasteiger partial charge in [-0.1, -0.05) is 19.1 Å². The molecule has 0 saturated heterocycles. The fraction of sp³-hybridized carbons (Fsp3) is 0.400. The number of aliphatic imine (C=N–C) groups is 1. The summed E-state index contributed by atoms with van der Waals surface area (Å²) in [5, 5.41) is 6.64. The molecule has 27 heavy (non-hydrogen) atoms. The van der Waals surface area contributed by atoms with E-state index in [0.717, 1.165) is 43.2 Å². The van der Waals surface area contributed by atoms with Crippen molar-refractivity contribution in [3.8, 4) is 0 Å². The van der Waals surface area contributed by atoms with Gasteiger partial charge in [0.15, 0.2) is 5.96 Å². The second kappa shape index (κ2) is 12.4. The molecule has 0 fully saturated rings. The topological polar surface area (TPSA) is 69.9 Å². The van der Waals surface area contributed by atoms with Crippen molar-refractivity contribution in [2.45, 2.75) is 26.3 Å². The Morgan fingerprint density at radius 1 is 1.11 bits per heavy atom. The summed E-state index contributed by atoms with van der Waals surface area (Å²) in [6.45, 7) is 4.28. The predicted octanol–water partition coefficient (Wildman–Crippen LogP) is 3.29. The first-order valence-electron chi connectivity index (χ1n) is 8.95. The van der Waals surface area contributed by atoms with Gasteiger partial charge in [0, 0.05) is 39.2 Å². The number of furan rings is 1. The molecule has 1 heterocycles. The second-order valence-electron chi connectivity index (χ2n) is 6.24. The Labute approximate surface area is 178 Å². The molecule has 0 radical (unpaired) electrons. The van der Waals surface area contributed by atoms with Crippen molar-refractivity contribution in [1.29, 1.82) is 0 Å². The van der Waals surface area contributed by atoms with E-state index in [1.807, 2.05) is 36.4 Å². The van der Waals surface area contributed by atoms with Gasteiger partial charge in [-0.25, -0.2) is 4.99 Å². The van der Waals surface area contributed by atoms with Gasteiger partial charge in [0.05, 0.1) is 12.8 Å². The van der Waals surface area contributed by atoms with E-state index in [9.17, 15) is 4.79 Å². The van der Waals surface area contributed by atoms with Crippen molar-refractivity contribution in [1.82, 2.24) is 15.5 Å². The van der Waals surface area contributed by atoms with E-state index in [2.05, 4.69) is 22.5 Å². The van der Waals surface area contributed by atoms with Gasteiger partial charge in [-0.15, -0.1) is 24.0 Å². The van der Waals surface area contributed by atoms with Crippen molar-refractivity contribution in [3.05, 3.63) is 59.5 Å². The third-order valence-electron chi connectivity index (χ3n) is 3.81. The first kappa shape index (κ1) is 23.0. The van der Waals surface area contributed by atoms with Gasteiger partial charge < -0.3 is 20.0 Å². The molecule has 148 valence electrons. The summed E-state index contributed by atoms with van der Waals surface area (Å²) in [6, 6.07) is 11.4. The Kier molecular flexibility index (Phi) is 10.5. The first-order chi connectivity index (χ1) is 12.6. The predicted molar refractivity (Wildman–Crippen MR) is 120 cm³/mol. The number of carbonyl (C=O) groups is 1. The molecule has 7 heteroatoms. The van der Waals surface area contributed by atoms with Gasteiger partial charge in [0.2, 0.25) is 0 Å².